The van der Waals surface area contributed by atoms with Crippen molar-refractivity contribution >= 4 is 28.2 Å². The van der Waals surface area contributed by atoms with E-state index in [1.165, 1.54) is 4.90 Å². The van der Waals surface area contributed by atoms with Gasteiger partial charge >= 0.3 is 16.4 Å². The van der Waals surface area contributed by atoms with Crippen molar-refractivity contribution in [2.24, 2.45) is 0 Å². The lowest BCUT2D eigenvalue weighted by atomic mass is 10.0. The second-order valence-electron chi connectivity index (χ2n) is 6.12. The molecule has 0 aromatic heterocycles. The zero-order valence-corrected chi connectivity index (χ0v) is 14.4. The van der Waals surface area contributed by atoms with Crippen molar-refractivity contribution in [3.8, 4) is 0 Å². The Labute approximate surface area is 149 Å². The first-order valence-corrected chi connectivity index (χ1v) is 9.22. The van der Waals surface area contributed by atoms with E-state index in [-0.39, 0.29) is 19.5 Å². The molecular formula is C15H17N3O7S. The molecule has 26 heavy (non-hydrogen) atoms. The lowest BCUT2D eigenvalue weighted by Crippen LogP contribution is -2.68. The monoisotopic (exact) mass is 383 g/mol. The number of benzene rings is 1. The van der Waals surface area contributed by atoms with Gasteiger partial charge in [0.25, 0.3) is 5.91 Å². The van der Waals surface area contributed by atoms with Gasteiger partial charge in [-0.15, -0.1) is 0 Å². The molecule has 3 amide bonds. The number of carboxylic acid groups (broad SMARTS) is 1. The van der Waals surface area contributed by atoms with Gasteiger partial charge in [-0.05, 0) is 12.0 Å². The molecule has 1 aromatic carbocycles. The van der Waals surface area contributed by atoms with Crippen LogP contribution in [0.3, 0.4) is 0 Å². The molecule has 2 saturated heterocycles. The van der Waals surface area contributed by atoms with Crippen molar-refractivity contribution in [2.45, 2.75) is 25.0 Å². The van der Waals surface area contributed by atoms with Crippen LogP contribution < -0.4 is 0 Å². The smallest absolute Gasteiger partial charge is 0.408 e. The van der Waals surface area contributed by atoms with Crippen LogP contribution in [-0.4, -0.2) is 75.3 Å². The van der Waals surface area contributed by atoms with E-state index in [9.17, 15) is 27.9 Å². The average molecular weight is 383 g/mol. The number of β-lactam (4-membered cyclic amide) rings is 1. The molecule has 10 nitrogen and oxygen atoms in total. The van der Waals surface area contributed by atoms with Crippen molar-refractivity contribution in [3.63, 3.8) is 0 Å². The molecule has 2 fully saturated rings. The number of carbonyl (C=O) groups is 3. The van der Waals surface area contributed by atoms with Gasteiger partial charge in [0, 0.05) is 13.1 Å². The summed E-state index contributed by atoms with van der Waals surface area (Å²) in [5.74, 6) is -1.47. The predicted molar refractivity (Wildman–Crippen MR) is 87.2 cm³/mol. The highest BCUT2D eigenvalue weighted by Gasteiger charge is 2.59. The van der Waals surface area contributed by atoms with E-state index in [2.05, 4.69) is 0 Å². The number of amides is 3. The van der Waals surface area contributed by atoms with E-state index in [4.69, 9.17) is 4.55 Å². The van der Waals surface area contributed by atoms with Crippen LogP contribution in [0.25, 0.3) is 0 Å². The summed E-state index contributed by atoms with van der Waals surface area (Å²) in [4.78, 5) is 38.0. The second kappa shape index (κ2) is 6.57. The number of hydrogen-bond donors (Lipinski definition) is 2. The molecule has 11 heteroatoms. The summed E-state index contributed by atoms with van der Waals surface area (Å²) in [5, 5.41) is 9.33. The SMILES string of the molecule is O=C(O)N(CC(=O)N1CC[C@@H]2[C@H]1C(=O)N2S(=O)(=O)O)Cc1ccccc1. The standard InChI is InChI=1S/C15H17N3O7S/c19-12(9-16(15(21)22)8-10-4-2-1-3-5-10)17-7-6-11-13(17)14(20)18(11)26(23,24)25/h1-5,11,13H,6-9H2,(H,21,22)(H,23,24,25)/t11-,13+/m1/s1. The van der Waals surface area contributed by atoms with E-state index < -0.39 is 46.8 Å². The molecule has 0 saturated carbocycles. The molecule has 0 radical (unpaired) electrons. The van der Waals surface area contributed by atoms with Crippen LogP contribution in [-0.2, 0) is 26.4 Å². The Kier molecular flexibility index (Phi) is 4.59. The fourth-order valence-corrected chi connectivity index (χ4v) is 4.24. The van der Waals surface area contributed by atoms with Gasteiger partial charge < -0.3 is 10.0 Å². The minimum atomic E-state index is -4.65. The quantitative estimate of drug-likeness (QED) is 0.530. The Hall–Kier alpha value is -2.66. The van der Waals surface area contributed by atoms with Crippen molar-refractivity contribution < 1.29 is 32.5 Å². The van der Waals surface area contributed by atoms with Gasteiger partial charge in [-0.2, -0.15) is 8.42 Å². The van der Waals surface area contributed by atoms with E-state index in [1.54, 1.807) is 30.3 Å². The maximum atomic E-state index is 12.5. The van der Waals surface area contributed by atoms with Crippen molar-refractivity contribution in [3.05, 3.63) is 35.9 Å². The van der Waals surface area contributed by atoms with Crippen LogP contribution in [0.5, 0.6) is 0 Å². The Balaban J connectivity index is 1.68. The van der Waals surface area contributed by atoms with Gasteiger partial charge in [0.2, 0.25) is 5.91 Å². The molecule has 0 bridgehead atoms. The molecule has 2 heterocycles. The zero-order chi connectivity index (χ0) is 19.1. The first-order chi connectivity index (χ1) is 12.2. The Morgan fingerprint density at radius 2 is 1.88 bits per heavy atom. The van der Waals surface area contributed by atoms with Gasteiger partial charge in [0.1, 0.15) is 12.6 Å². The first kappa shape index (κ1) is 18.1. The Bertz CT molecular complexity index is 842. The highest BCUT2D eigenvalue weighted by atomic mass is 32.2. The van der Waals surface area contributed by atoms with Crippen LogP contribution >= 0.6 is 0 Å². The van der Waals surface area contributed by atoms with Crippen LogP contribution in [0.2, 0.25) is 0 Å². The maximum Gasteiger partial charge on any atom is 0.408 e. The fraction of sp³-hybridized carbons (Fsp3) is 0.400. The molecule has 2 atom stereocenters. The minimum Gasteiger partial charge on any atom is -0.465 e. The van der Waals surface area contributed by atoms with Crippen LogP contribution in [0.1, 0.15) is 12.0 Å². The summed E-state index contributed by atoms with van der Waals surface area (Å²) in [6, 6.07) is 6.97. The number of likely N-dealkylation sites (tertiary alicyclic amines) is 1. The Morgan fingerprint density at radius 3 is 2.46 bits per heavy atom. The van der Waals surface area contributed by atoms with E-state index >= 15 is 0 Å². The summed E-state index contributed by atoms with van der Waals surface area (Å²) >= 11 is 0. The fourth-order valence-electron chi connectivity index (χ4n) is 3.34. The number of fused-ring (bicyclic) bond motifs is 1. The molecule has 2 aliphatic rings. The highest BCUT2D eigenvalue weighted by Crippen LogP contribution is 2.35. The predicted octanol–water partition coefficient (Wildman–Crippen LogP) is -0.219. The molecule has 0 aliphatic carbocycles. The van der Waals surface area contributed by atoms with E-state index in [0.717, 1.165) is 4.90 Å². The summed E-state index contributed by atoms with van der Waals surface area (Å²) < 4.78 is 31.8. The summed E-state index contributed by atoms with van der Waals surface area (Å²) in [6.45, 7) is -0.327. The van der Waals surface area contributed by atoms with Gasteiger partial charge in [-0.3, -0.25) is 19.0 Å². The molecule has 0 spiro atoms. The molecule has 0 unspecified atom stereocenters. The summed E-state index contributed by atoms with van der Waals surface area (Å²) in [6.07, 6.45) is -1.08. The summed E-state index contributed by atoms with van der Waals surface area (Å²) in [5.41, 5.74) is 0.708. The molecule has 140 valence electrons. The van der Waals surface area contributed by atoms with Crippen LogP contribution in [0, 0.1) is 0 Å². The normalized spacial score (nSPS) is 22.0. The number of nitrogens with zero attached hydrogens (tertiary/aromatic N) is 3. The van der Waals surface area contributed by atoms with E-state index in [0.29, 0.717) is 9.87 Å². The third kappa shape index (κ3) is 3.22. The molecule has 2 aliphatic heterocycles. The van der Waals surface area contributed by atoms with Crippen molar-refractivity contribution in [1.29, 1.82) is 0 Å². The summed E-state index contributed by atoms with van der Waals surface area (Å²) in [7, 11) is -4.65. The molecule has 1 aromatic rings. The number of carbonyl (C=O) groups excluding carboxylic acids is 2. The van der Waals surface area contributed by atoms with E-state index in [1.807, 2.05) is 0 Å². The van der Waals surface area contributed by atoms with Crippen molar-refractivity contribution in [2.75, 3.05) is 13.1 Å². The van der Waals surface area contributed by atoms with Gasteiger partial charge in [0.05, 0.1) is 6.04 Å². The van der Waals surface area contributed by atoms with Crippen LogP contribution in [0.4, 0.5) is 4.79 Å². The molecule has 2 N–H and O–H groups in total. The van der Waals surface area contributed by atoms with Gasteiger partial charge in [-0.1, -0.05) is 30.3 Å². The third-order valence-corrected chi connectivity index (χ3v) is 5.47. The lowest BCUT2D eigenvalue weighted by molar-refractivity contribution is -0.152. The topological polar surface area (TPSA) is 136 Å². The largest absolute Gasteiger partial charge is 0.465 e. The Morgan fingerprint density at radius 1 is 1.23 bits per heavy atom. The highest BCUT2D eigenvalue weighted by molar-refractivity contribution is 7.84. The number of rotatable bonds is 5. The molecular weight excluding hydrogens is 366 g/mol. The second-order valence-corrected chi connectivity index (χ2v) is 7.41. The number of hydrogen-bond acceptors (Lipinski definition) is 5. The van der Waals surface area contributed by atoms with Gasteiger partial charge in [-0.25, -0.2) is 9.10 Å². The van der Waals surface area contributed by atoms with Crippen LogP contribution in [0.15, 0.2) is 30.3 Å². The lowest BCUT2D eigenvalue weighted by Gasteiger charge is -2.42. The average Bonchev–Trinajstić information content (AvgIpc) is 2.92. The minimum absolute atomic E-state index is 0.00887. The molecule has 3 rings (SSSR count). The zero-order valence-electron chi connectivity index (χ0n) is 13.6. The van der Waals surface area contributed by atoms with Gasteiger partial charge in [0.15, 0.2) is 0 Å². The maximum absolute atomic E-state index is 12.5. The van der Waals surface area contributed by atoms with Crippen molar-refractivity contribution in [1.82, 2.24) is 14.1 Å². The first-order valence-electron chi connectivity index (χ1n) is 7.82. The third-order valence-electron chi connectivity index (χ3n) is 4.52.